The topological polar surface area (TPSA) is 107 Å². The van der Waals surface area contributed by atoms with Crippen LogP contribution in [-0.4, -0.2) is 41.5 Å². The molecule has 0 radical (unpaired) electrons. The third kappa shape index (κ3) is 3.55. The molecule has 1 aromatic carbocycles. The van der Waals surface area contributed by atoms with E-state index in [-0.39, 0.29) is 10.6 Å². The van der Waals surface area contributed by atoms with Gasteiger partial charge in [-0.2, -0.15) is 0 Å². The summed E-state index contributed by atoms with van der Waals surface area (Å²) in [5.41, 5.74) is 2.11. The van der Waals surface area contributed by atoms with Crippen molar-refractivity contribution in [3.63, 3.8) is 0 Å². The lowest BCUT2D eigenvalue weighted by Gasteiger charge is -2.18. The van der Waals surface area contributed by atoms with Gasteiger partial charge in [0.1, 0.15) is 18.0 Å². The fourth-order valence-electron chi connectivity index (χ4n) is 2.68. The number of nitro groups is 1. The first-order valence-electron chi connectivity index (χ1n) is 7.84. The van der Waals surface area contributed by atoms with E-state index < -0.39 is 0 Å². The zero-order chi connectivity index (χ0) is 16.9. The Bertz CT molecular complexity index is 712. The molecule has 9 heteroatoms. The number of aromatic nitrogens is 2. The van der Waals surface area contributed by atoms with Crippen LogP contribution >= 0.6 is 0 Å². The van der Waals surface area contributed by atoms with Gasteiger partial charge in [-0.15, -0.1) is 0 Å². The average Bonchev–Trinajstić information content (AvgIpc) is 3.23. The van der Waals surface area contributed by atoms with Crippen LogP contribution in [0.5, 0.6) is 5.88 Å². The third-order valence-corrected chi connectivity index (χ3v) is 3.92. The summed E-state index contributed by atoms with van der Waals surface area (Å²) in [6, 6.07) is 5.17. The number of aryl methyl sites for hydroxylation is 1. The van der Waals surface area contributed by atoms with Crippen molar-refractivity contribution >= 4 is 17.1 Å². The smallest absolute Gasteiger partial charge is 0.292 e. The fraction of sp³-hybridized carbons (Fsp3) is 0.467. The molecule has 1 fully saturated rings. The van der Waals surface area contributed by atoms with Crippen LogP contribution in [0.4, 0.5) is 17.1 Å². The van der Waals surface area contributed by atoms with Gasteiger partial charge in [0.25, 0.3) is 11.6 Å². The summed E-state index contributed by atoms with van der Waals surface area (Å²) >= 11 is 0. The lowest BCUT2D eigenvalue weighted by molar-refractivity contribution is -0.383. The molecule has 3 rings (SSSR count). The fourth-order valence-corrected chi connectivity index (χ4v) is 2.68. The molecule has 1 aliphatic heterocycles. The molecule has 0 bridgehead atoms. The summed E-state index contributed by atoms with van der Waals surface area (Å²) < 4.78 is 9.96. The maximum absolute atomic E-state index is 11.2. The molecule has 1 N–H and O–H groups in total. The molecule has 0 saturated carbocycles. The van der Waals surface area contributed by atoms with Crippen molar-refractivity contribution in [2.45, 2.75) is 19.8 Å². The number of hydrogen-bond donors (Lipinski definition) is 1. The van der Waals surface area contributed by atoms with E-state index in [0.717, 1.165) is 31.6 Å². The van der Waals surface area contributed by atoms with Gasteiger partial charge in [-0.1, -0.05) is 5.16 Å². The van der Waals surface area contributed by atoms with Gasteiger partial charge in [-0.05, 0) is 37.1 Å². The summed E-state index contributed by atoms with van der Waals surface area (Å²) in [6.07, 6.45) is 2.30. The third-order valence-electron chi connectivity index (χ3n) is 3.92. The largest absolute Gasteiger partial charge is 0.472 e. The molecule has 24 heavy (non-hydrogen) atoms. The zero-order valence-corrected chi connectivity index (χ0v) is 13.4. The van der Waals surface area contributed by atoms with E-state index >= 15 is 0 Å². The molecule has 0 aliphatic carbocycles. The summed E-state index contributed by atoms with van der Waals surface area (Å²) in [6.45, 7) is 4.39. The normalized spacial score (nSPS) is 14.0. The number of nitro benzene ring substituents is 1. The van der Waals surface area contributed by atoms with Crippen LogP contribution in [0, 0.1) is 17.0 Å². The van der Waals surface area contributed by atoms with Gasteiger partial charge >= 0.3 is 0 Å². The Labute approximate surface area is 138 Å². The van der Waals surface area contributed by atoms with Crippen molar-refractivity contribution < 1.29 is 14.3 Å². The van der Waals surface area contributed by atoms with E-state index in [2.05, 4.69) is 25.2 Å². The highest BCUT2D eigenvalue weighted by Crippen LogP contribution is 2.31. The second-order valence-electron chi connectivity index (χ2n) is 5.58. The van der Waals surface area contributed by atoms with E-state index in [1.165, 1.54) is 0 Å². The Balaban J connectivity index is 1.64. The van der Waals surface area contributed by atoms with Gasteiger partial charge in [0.05, 0.1) is 4.92 Å². The quantitative estimate of drug-likeness (QED) is 0.467. The first kappa shape index (κ1) is 16.0. The Hall–Kier alpha value is -2.84. The molecule has 2 aromatic rings. The summed E-state index contributed by atoms with van der Waals surface area (Å²) in [5.74, 6) is 0.331. The van der Waals surface area contributed by atoms with E-state index in [4.69, 9.17) is 4.74 Å². The summed E-state index contributed by atoms with van der Waals surface area (Å²) in [5, 5.41) is 21.5. The van der Waals surface area contributed by atoms with Gasteiger partial charge in [-0.25, -0.2) is 4.63 Å². The molecule has 1 aromatic heterocycles. The lowest BCUT2D eigenvalue weighted by atomic mass is 10.2. The van der Waals surface area contributed by atoms with Crippen LogP contribution in [0.25, 0.3) is 0 Å². The number of rotatable bonds is 7. The maximum atomic E-state index is 11.2. The van der Waals surface area contributed by atoms with Crippen LogP contribution in [0.2, 0.25) is 0 Å². The van der Waals surface area contributed by atoms with Crippen LogP contribution in [0.3, 0.4) is 0 Å². The van der Waals surface area contributed by atoms with Crippen molar-refractivity contribution in [3.05, 3.63) is 34.0 Å². The van der Waals surface area contributed by atoms with Crippen LogP contribution in [0.15, 0.2) is 22.8 Å². The van der Waals surface area contributed by atoms with Crippen molar-refractivity contribution in [2.24, 2.45) is 0 Å². The van der Waals surface area contributed by atoms with E-state index in [1.807, 2.05) is 6.07 Å². The standard InChI is InChI=1S/C15H19N5O4/c1-11-15(18-24-17-11)23-9-6-16-13-10-12(19-7-2-3-8-19)4-5-14(13)20(21)22/h4-5,10,16H,2-3,6-9H2,1H3. The van der Waals surface area contributed by atoms with Crippen molar-refractivity contribution in [1.82, 2.24) is 10.3 Å². The molecular weight excluding hydrogens is 314 g/mol. The molecule has 0 amide bonds. The minimum atomic E-state index is -0.386. The Kier molecular flexibility index (Phi) is 4.78. The van der Waals surface area contributed by atoms with Crippen molar-refractivity contribution in [1.29, 1.82) is 0 Å². The molecule has 128 valence electrons. The Morgan fingerprint density at radius 3 is 2.83 bits per heavy atom. The maximum Gasteiger partial charge on any atom is 0.292 e. The minimum Gasteiger partial charge on any atom is -0.472 e. The molecule has 0 atom stereocenters. The number of nitrogens with zero attached hydrogens (tertiary/aromatic N) is 4. The van der Waals surface area contributed by atoms with E-state index in [0.29, 0.717) is 30.4 Å². The van der Waals surface area contributed by atoms with Gasteiger partial charge in [0, 0.05) is 31.4 Å². The highest BCUT2D eigenvalue weighted by atomic mass is 16.6. The number of hydrogen-bond acceptors (Lipinski definition) is 8. The Morgan fingerprint density at radius 2 is 2.17 bits per heavy atom. The average molecular weight is 333 g/mol. The van der Waals surface area contributed by atoms with Crippen LogP contribution in [0.1, 0.15) is 18.5 Å². The predicted molar refractivity (Wildman–Crippen MR) is 87.6 cm³/mol. The van der Waals surface area contributed by atoms with Gasteiger partial charge in [-0.3, -0.25) is 10.1 Å². The number of nitrogens with one attached hydrogen (secondary N) is 1. The second kappa shape index (κ2) is 7.16. The van der Waals surface area contributed by atoms with Crippen molar-refractivity contribution in [3.8, 4) is 5.88 Å². The Morgan fingerprint density at radius 1 is 1.38 bits per heavy atom. The number of anilines is 2. The van der Waals surface area contributed by atoms with Gasteiger partial charge < -0.3 is 15.0 Å². The van der Waals surface area contributed by atoms with Crippen LogP contribution < -0.4 is 15.0 Å². The first-order valence-corrected chi connectivity index (χ1v) is 7.84. The summed E-state index contributed by atoms with van der Waals surface area (Å²) in [7, 11) is 0. The minimum absolute atomic E-state index is 0.0530. The van der Waals surface area contributed by atoms with E-state index in [9.17, 15) is 10.1 Å². The first-order chi connectivity index (χ1) is 11.6. The molecule has 0 unspecified atom stereocenters. The molecule has 2 heterocycles. The van der Waals surface area contributed by atoms with Crippen LogP contribution in [-0.2, 0) is 0 Å². The zero-order valence-electron chi connectivity index (χ0n) is 13.4. The molecule has 1 saturated heterocycles. The second-order valence-corrected chi connectivity index (χ2v) is 5.58. The number of benzene rings is 1. The highest BCUT2D eigenvalue weighted by Gasteiger charge is 2.18. The summed E-state index contributed by atoms with van der Waals surface area (Å²) in [4.78, 5) is 13.1. The molecule has 9 nitrogen and oxygen atoms in total. The van der Waals surface area contributed by atoms with E-state index in [1.54, 1.807) is 19.1 Å². The molecular formula is C15H19N5O4. The highest BCUT2D eigenvalue weighted by molar-refractivity contribution is 5.69. The monoisotopic (exact) mass is 333 g/mol. The number of ether oxygens (including phenoxy) is 1. The molecule has 0 spiro atoms. The van der Waals surface area contributed by atoms with Crippen molar-refractivity contribution in [2.75, 3.05) is 36.5 Å². The SMILES string of the molecule is Cc1nonc1OCCNc1cc(N2CCCC2)ccc1[N+](=O)[O-]. The predicted octanol–water partition coefficient (Wildman–Crippen LogP) is 2.38. The van der Waals surface area contributed by atoms with Gasteiger partial charge in [0.2, 0.25) is 0 Å². The molecule has 1 aliphatic rings. The van der Waals surface area contributed by atoms with Gasteiger partial charge in [0.15, 0.2) is 0 Å². The lowest BCUT2D eigenvalue weighted by Crippen LogP contribution is -2.18.